The molecule has 0 saturated heterocycles. The summed E-state index contributed by atoms with van der Waals surface area (Å²) in [7, 11) is 3.88. The fourth-order valence-corrected chi connectivity index (χ4v) is 6.05. The van der Waals surface area contributed by atoms with E-state index in [2.05, 4.69) is 4.98 Å². The van der Waals surface area contributed by atoms with Crippen molar-refractivity contribution in [2.75, 3.05) is 25.8 Å². The van der Waals surface area contributed by atoms with Gasteiger partial charge in [-0.3, -0.25) is 9.59 Å². The van der Waals surface area contributed by atoms with Crippen LogP contribution in [0.3, 0.4) is 0 Å². The largest absolute Gasteiger partial charge is 0.503 e. The molecule has 4 aromatic rings. The van der Waals surface area contributed by atoms with Crippen LogP contribution in [0.2, 0.25) is 0 Å². The van der Waals surface area contributed by atoms with Crippen LogP contribution in [0.1, 0.15) is 32.5 Å². The van der Waals surface area contributed by atoms with Crippen molar-refractivity contribution in [3.05, 3.63) is 106 Å². The molecule has 0 radical (unpaired) electrons. The lowest BCUT2D eigenvalue weighted by Gasteiger charge is -2.27. The molecule has 8 nitrogen and oxygen atoms in total. The molecule has 1 amide bonds. The molecule has 2 aliphatic heterocycles. The van der Waals surface area contributed by atoms with Crippen LogP contribution < -0.4 is 14.4 Å². The summed E-state index contributed by atoms with van der Waals surface area (Å²) in [4.78, 5) is 36.2. The second kappa shape index (κ2) is 10.2. The zero-order valence-electron chi connectivity index (χ0n) is 22.2. The second-order valence-corrected chi connectivity index (χ2v) is 10.9. The van der Waals surface area contributed by atoms with Crippen LogP contribution in [0.5, 0.6) is 11.5 Å². The number of thiazole rings is 1. The van der Waals surface area contributed by atoms with Crippen LogP contribution in [0, 0.1) is 6.92 Å². The quantitative estimate of drug-likeness (QED) is 0.294. The minimum absolute atomic E-state index is 0.0507. The van der Waals surface area contributed by atoms with Gasteiger partial charge >= 0.3 is 0 Å². The Morgan fingerprint density at radius 3 is 2.50 bits per heavy atom. The fourth-order valence-electron chi connectivity index (χ4n) is 5.02. The van der Waals surface area contributed by atoms with E-state index in [4.69, 9.17) is 9.47 Å². The maximum Gasteiger partial charge on any atom is 0.290 e. The molecule has 1 unspecified atom stereocenters. The number of anilines is 1. The lowest BCUT2D eigenvalue weighted by Crippen LogP contribution is -2.30. The van der Waals surface area contributed by atoms with E-state index in [9.17, 15) is 14.7 Å². The predicted octanol–water partition coefficient (Wildman–Crippen LogP) is 5.69. The van der Waals surface area contributed by atoms with Crippen LogP contribution in [-0.2, 0) is 11.3 Å². The normalized spacial score (nSPS) is 16.1. The Kier molecular flexibility index (Phi) is 6.51. The van der Waals surface area contributed by atoms with Crippen molar-refractivity contribution in [2.24, 2.45) is 0 Å². The first-order valence-electron chi connectivity index (χ1n) is 12.8. The number of ketones is 1. The average molecular weight is 554 g/mol. The Morgan fingerprint density at radius 2 is 1.77 bits per heavy atom. The molecule has 9 heteroatoms. The highest BCUT2D eigenvalue weighted by atomic mass is 32.1. The minimum atomic E-state index is -0.789. The number of amides is 1. The van der Waals surface area contributed by atoms with Crippen molar-refractivity contribution >= 4 is 28.7 Å². The lowest BCUT2D eigenvalue weighted by atomic mass is 9.94. The standard InChI is InChI=1S/C31H27N3O5S/c1-18-29(40-30(32-18)21-7-5-4-6-8-21)27(35)25-26(20-10-12-22(13-11-20)33(2)3)34(31(37)28(25)36)16-19-9-14-23-24(15-19)39-17-38-23/h4-15,26,36H,16-17H2,1-3H3. The monoisotopic (exact) mass is 553 g/mol. The number of aromatic nitrogens is 1. The molecule has 1 N–H and O–H groups in total. The van der Waals surface area contributed by atoms with Gasteiger partial charge in [0, 0.05) is 31.9 Å². The zero-order chi connectivity index (χ0) is 28.0. The number of ether oxygens (including phenoxy) is 2. The molecule has 3 aromatic carbocycles. The van der Waals surface area contributed by atoms with Crippen molar-refractivity contribution in [2.45, 2.75) is 19.5 Å². The molecule has 0 aliphatic carbocycles. The van der Waals surface area contributed by atoms with Crippen molar-refractivity contribution < 1.29 is 24.2 Å². The molecular weight excluding hydrogens is 526 g/mol. The summed E-state index contributed by atoms with van der Waals surface area (Å²) in [6.45, 7) is 2.08. The number of Topliss-reactive ketones (excluding diaryl/α,β-unsaturated/α-hetero) is 1. The van der Waals surface area contributed by atoms with Gasteiger partial charge in [0.25, 0.3) is 5.91 Å². The van der Waals surface area contributed by atoms with Gasteiger partial charge in [-0.2, -0.15) is 0 Å². The van der Waals surface area contributed by atoms with Gasteiger partial charge in [-0.05, 0) is 42.3 Å². The first-order chi connectivity index (χ1) is 19.3. The highest BCUT2D eigenvalue weighted by molar-refractivity contribution is 7.17. The number of aryl methyl sites for hydroxylation is 1. The SMILES string of the molecule is Cc1nc(-c2ccccc2)sc1C(=O)C1=C(O)C(=O)N(Cc2ccc3c(c2)OCO3)C1c1ccc(N(C)C)cc1. The van der Waals surface area contributed by atoms with Gasteiger partial charge in [0.2, 0.25) is 12.6 Å². The molecule has 1 aromatic heterocycles. The van der Waals surface area contributed by atoms with E-state index in [1.165, 1.54) is 16.2 Å². The number of hydrogen-bond donors (Lipinski definition) is 1. The third-order valence-electron chi connectivity index (χ3n) is 7.09. The highest BCUT2D eigenvalue weighted by Crippen LogP contribution is 2.43. The molecule has 0 saturated carbocycles. The van der Waals surface area contributed by atoms with Crippen molar-refractivity contribution in [1.29, 1.82) is 0 Å². The van der Waals surface area contributed by atoms with Gasteiger partial charge in [-0.1, -0.05) is 48.5 Å². The summed E-state index contributed by atoms with van der Waals surface area (Å²) < 4.78 is 10.9. The molecule has 0 bridgehead atoms. The van der Waals surface area contributed by atoms with Gasteiger partial charge in [0.15, 0.2) is 17.3 Å². The molecule has 0 spiro atoms. The number of fused-ring (bicyclic) bond motifs is 1. The van der Waals surface area contributed by atoms with E-state index in [-0.39, 0.29) is 18.9 Å². The van der Waals surface area contributed by atoms with Crippen LogP contribution >= 0.6 is 11.3 Å². The first-order valence-corrected chi connectivity index (χ1v) is 13.6. The molecule has 1 atom stereocenters. The van der Waals surface area contributed by atoms with Gasteiger partial charge in [-0.15, -0.1) is 11.3 Å². The summed E-state index contributed by atoms with van der Waals surface area (Å²) in [6, 6.07) is 21.9. The number of aliphatic hydroxyl groups is 1. The third kappa shape index (κ3) is 4.48. The Morgan fingerprint density at radius 1 is 1.05 bits per heavy atom. The zero-order valence-corrected chi connectivity index (χ0v) is 23.1. The van der Waals surface area contributed by atoms with E-state index < -0.39 is 23.5 Å². The molecule has 6 rings (SSSR count). The molecule has 202 valence electrons. The number of nitrogens with zero attached hydrogens (tertiary/aromatic N) is 3. The van der Waals surface area contributed by atoms with Crippen molar-refractivity contribution in [3.8, 4) is 22.1 Å². The summed E-state index contributed by atoms with van der Waals surface area (Å²) in [6.07, 6.45) is 0. The maximum absolute atomic E-state index is 14.1. The van der Waals surface area contributed by atoms with E-state index in [1.807, 2.05) is 85.7 Å². The second-order valence-electron chi connectivity index (χ2n) is 9.90. The number of carbonyl (C=O) groups is 2. The smallest absolute Gasteiger partial charge is 0.290 e. The third-order valence-corrected chi connectivity index (χ3v) is 8.29. The average Bonchev–Trinajstić information content (AvgIpc) is 3.66. The number of hydrogen-bond acceptors (Lipinski definition) is 8. The lowest BCUT2D eigenvalue weighted by molar-refractivity contribution is -0.130. The van der Waals surface area contributed by atoms with E-state index >= 15 is 0 Å². The minimum Gasteiger partial charge on any atom is -0.503 e. The summed E-state index contributed by atoms with van der Waals surface area (Å²) in [5.74, 6) is -0.315. The van der Waals surface area contributed by atoms with E-state index in [0.717, 1.165) is 22.4 Å². The number of carbonyl (C=O) groups excluding carboxylic acids is 2. The van der Waals surface area contributed by atoms with Gasteiger partial charge in [-0.25, -0.2) is 4.98 Å². The molecule has 3 heterocycles. The maximum atomic E-state index is 14.1. The summed E-state index contributed by atoms with van der Waals surface area (Å²) in [5, 5.41) is 11.9. The Labute approximate surface area is 235 Å². The highest BCUT2D eigenvalue weighted by Gasteiger charge is 2.44. The number of rotatable bonds is 7. The topological polar surface area (TPSA) is 92.2 Å². The number of benzene rings is 3. The number of aliphatic hydroxyl groups excluding tert-OH is 1. The van der Waals surface area contributed by atoms with E-state index in [0.29, 0.717) is 27.1 Å². The van der Waals surface area contributed by atoms with Crippen LogP contribution in [0.15, 0.2) is 84.1 Å². The molecule has 0 fully saturated rings. The van der Waals surface area contributed by atoms with Crippen molar-refractivity contribution in [3.63, 3.8) is 0 Å². The predicted molar refractivity (Wildman–Crippen MR) is 153 cm³/mol. The summed E-state index contributed by atoms with van der Waals surface area (Å²) >= 11 is 1.26. The van der Waals surface area contributed by atoms with Gasteiger partial charge in [0.05, 0.1) is 22.2 Å². The molecule has 2 aliphatic rings. The van der Waals surface area contributed by atoms with Crippen molar-refractivity contribution in [1.82, 2.24) is 9.88 Å². The Bertz CT molecular complexity index is 1640. The van der Waals surface area contributed by atoms with E-state index in [1.54, 1.807) is 13.0 Å². The summed E-state index contributed by atoms with van der Waals surface area (Å²) in [5.41, 5.74) is 3.98. The van der Waals surface area contributed by atoms with Crippen LogP contribution in [0.25, 0.3) is 10.6 Å². The Balaban J connectivity index is 1.41. The van der Waals surface area contributed by atoms with Crippen LogP contribution in [0.4, 0.5) is 5.69 Å². The molecular formula is C31H27N3O5S. The van der Waals surface area contributed by atoms with Gasteiger partial charge in [0.1, 0.15) is 5.01 Å². The van der Waals surface area contributed by atoms with Gasteiger partial charge < -0.3 is 24.4 Å². The van der Waals surface area contributed by atoms with Crippen LogP contribution in [-0.4, -0.2) is 47.6 Å². The first kappa shape index (κ1) is 25.6. The fraction of sp³-hybridized carbons (Fsp3) is 0.194. The Hall–Kier alpha value is -4.63. The molecule has 40 heavy (non-hydrogen) atoms.